The zero-order chi connectivity index (χ0) is 9.80. The van der Waals surface area contributed by atoms with Crippen molar-refractivity contribution in [2.75, 3.05) is 13.1 Å². The molecule has 1 atom stereocenters. The summed E-state index contributed by atoms with van der Waals surface area (Å²) >= 11 is 0. The molecule has 1 N–H and O–H groups in total. The molecule has 1 aromatic carbocycles. The number of para-hydroxylation sites is 1. The molecule has 1 fully saturated rings. The third-order valence-electron chi connectivity index (χ3n) is 2.66. The number of aryl methyl sites for hydroxylation is 1. The number of hydrogen-bond acceptors (Lipinski definition) is 2. The van der Waals surface area contributed by atoms with E-state index in [1.54, 1.807) is 0 Å². The minimum absolute atomic E-state index is 0.364. The molecule has 0 aliphatic carbocycles. The normalized spacial score (nSPS) is 21.1. The van der Waals surface area contributed by atoms with Crippen molar-refractivity contribution in [3.63, 3.8) is 0 Å². The minimum Gasteiger partial charge on any atom is -0.489 e. The standard InChI is InChI=1S/C12H17NO/c1-2-10-5-3-4-6-12(10)14-11-7-8-13-9-11/h3-6,11,13H,2,7-9H2,1H3. The van der Waals surface area contributed by atoms with Crippen LogP contribution >= 0.6 is 0 Å². The van der Waals surface area contributed by atoms with Crippen LogP contribution in [0.15, 0.2) is 24.3 Å². The average molecular weight is 191 g/mol. The maximum Gasteiger partial charge on any atom is 0.122 e. The van der Waals surface area contributed by atoms with Crippen LogP contribution in [0, 0.1) is 0 Å². The molecule has 0 bridgehead atoms. The van der Waals surface area contributed by atoms with Crippen molar-refractivity contribution in [2.45, 2.75) is 25.9 Å². The van der Waals surface area contributed by atoms with E-state index in [-0.39, 0.29) is 0 Å². The monoisotopic (exact) mass is 191 g/mol. The van der Waals surface area contributed by atoms with Gasteiger partial charge in [-0.2, -0.15) is 0 Å². The van der Waals surface area contributed by atoms with Gasteiger partial charge in [-0.25, -0.2) is 0 Å². The lowest BCUT2D eigenvalue weighted by Crippen LogP contribution is -2.20. The fourth-order valence-corrected chi connectivity index (χ4v) is 1.82. The van der Waals surface area contributed by atoms with E-state index in [1.807, 2.05) is 6.07 Å². The minimum atomic E-state index is 0.364. The summed E-state index contributed by atoms with van der Waals surface area (Å²) < 4.78 is 5.93. The molecule has 0 radical (unpaired) electrons. The second-order valence-corrected chi connectivity index (χ2v) is 3.69. The van der Waals surface area contributed by atoms with Crippen LogP contribution < -0.4 is 10.1 Å². The Bertz CT molecular complexity index is 292. The number of ether oxygens (including phenoxy) is 1. The SMILES string of the molecule is CCc1ccccc1OC1CCNC1. The first kappa shape index (κ1) is 9.53. The molecule has 1 heterocycles. The second-order valence-electron chi connectivity index (χ2n) is 3.69. The van der Waals surface area contributed by atoms with Gasteiger partial charge in [-0.05, 0) is 31.0 Å². The highest BCUT2D eigenvalue weighted by Crippen LogP contribution is 2.21. The molecule has 1 saturated heterocycles. The summed E-state index contributed by atoms with van der Waals surface area (Å²) in [6.07, 6.45) is 2.52. The first-order valence-corrected chi connectivity index (χ1v) is 5.35. The summed E-state index contributed by atoms with van der Waals surface area (Å²) in [6, 6.07) is 8.31. The zero-order valence-electron chi connectivity index (χ0n) is 8.62. The van der Waals surface area contributed by atoms with Gasteiger partial charge in [-0.1, -0.05) is 25.1 Å². The van der Waals surface area contributed by atoms with Crippen LogP contribution in [0.25, 0.3) is 0 Å². The first-order valence-electron chi connectivity index (χ1n) is 5.35. The molecular weight excluding hydrogens is 174 g/mol. The van der Waals surface area contributed by atoms with Gasteiger partial charge in [0.25, 0.3) is 0 Å². The van der Waals surface area contributed by atoms with Gasteiger partial charge < -0.3 is 10.1 Å². The lowest BCUT2D eigenvalue weighted by molar-refractivity contribution is 0.221. The lowest BCUT2D eigenvalue weighted by Gasteiger charge is -2.15. The van der Waals surface area contributed by atoms with Crippen molar-refractivity contribution in [1.29, 1.82) is 0 Å². The van der Waals surface area contributed by atoms with E-state index in [1.165, 1.54) is 5.56 Å². The van der Waals surface area contributed by atoms with Crippen LogP contribution in [-0.2, 0) is 6.42 Å². The maximum absolute atomic E-state index is 5.93. The Kier molecular flexibility index (Phi) is 3.04. The van der Waals surface area contributed by atoms with Crippen LogP contribution in [-0.4, -0.2) is 19.2 Å². The average Bonchev–Trinajstić information content (AvgIpc) is 2.71. The fourth-order valence-electron chi connectivity index (χ4n) is 1.82. The molecule has 14 heavy (non-hydrogen) atoms. The molecule has 0 saturated carbocycles. The Morgan fingerprint density at radius 2 is 2.29 bits per heavy atom. The van der Waals surface area contributed by atoms with E-state index in [9.17, 15) is 0 Å². The summed E-state index contributed by atoms with van der Waals surface area (Å²) in [5.41, 5.74) is 1.31. The molecular formula is C12H17NO. The van der Waals surface area contributed by atoms with Gasteiger partial charge in [0.1, 0.15) is 11.9 Å². The summed E-state index contributed by atoms with van der Waals surface area (Å²) in [4.78, 5) is 0. The third kappa shape index (κ3) is 2.07. The van der Waals surface area contributed by atoms with E-state index < -0.39 is 0 Å². The number of hydrogen-bond donors (Lipinski definition) is 1. The Labute approximate surface area is 85.3 Å². The zero-order valence-corrected chi connectivity index (χ0v) is 8.62. The predicted octanol–water partition coefficient (Wildman–Crippen LogP) is 1.99. The van der Waals surface area contributed by atoms with Crippen molar-refractivity contribution in [3.8, 4) is 5.75 Å². The molecule has 2 heteroatoms. The smallest absolute Gasteiger partial charge is 0.122 e. The van der Waals surface area contributed by atoms with E-state index in [2.05, 4.69) is 30.4 Å². The molecule has 1 unspecified atom stereocenters. The second kappa shape index (κ2) is 4.47. The van der Waals surface area contributed by atoms with Gasteiger partial charge in [0.2, 0.25) is 0 Å². The Morgan fingerprint density at radius 1 is 1.43 bits per heavy atom. The largest absolute Gasteiger partial charge is 0.489 e. The Balaban J connectivity index is 2.07. The molecule has 76 valence electrons. The van der Waals surface area contributed by atoms with Crippen LogP contribution in [0.1, 0.15) is 18.9 Å². The Morgan fingerprint density at radius 3 is 3.00 bits per heavy atom. The highest BCUT2D eigenvalue weighted by atomic mass is 16.5. The summed E-state index contributed by atoms with van der Waals surface area (Å²) in [6.45, 7) is 4.23. The van der Waals surface area contributed by atoms with Gasteiger partial charge >= 0.3 is 0 Å². The van der Waals surface area contributed by atoms with Crippen LogP contribution in [0.5, 0.6) is 5.75 Å². The summed E-state index contributed by atoms with van der Waals surface area (Å²) in [7, 11) is 0. The highest BCUT2D eigenvalue weighted by Gasteiger charge is 2.16. The first-order chi connectivity index (χ1) is 6.90. The van der Waals surface area contributed by atoms with Crippen molar-refractivity contribution in [1.82, 2.24) is 5.32 Å². The van der Waals surface area contributed by atoms with E-state index in [4.69, 9.17) is 4.74 Å². The molecule has 2 nitrogen and oxygen atoms in total. The number of nitrogens with one attached hydrogen (secondary N) is 1. The molecule has 2 rings (SSSR count). The molecule has 0 spiro atoms. The quantitative estimate of drug-likeness (QED) is 0.789. The topological polar surface area (TPSA) is 21.3 Å². The highest BCUT2D eigenvalue weighted by molar-refractivity contribution is 5.33. The van der Waals surface area contributed by atoms with Crippen molar-refractivity contribution in [2.24, 2.45) is 0 Å². The van der Waals surface area contributed by atoms with Crippen molar-refractivity contribution in [3.05, 3.63) is 29.8 Å². The fraction of sp³-hybridized carbons (Fsp3) is 0.500. The number of benzene rings is 1. The van der Waals surface area contributed by atoms with Gasteiger partial charge in [0, 0.05) is 6.54 Å². The third-order valence-corrected chi connectivity index (χ3v) is 2.66. The Hall–Kier alpha value is -1.02. The van der Waals surface area contributed by atoms with Gasteiger partial charge in [-0.15, -0.1) is 0 Å². The van der Waals surface area contributed by atoms with Gasteiger partial charge in [0.05, 0.1) is 0 Å². The molecule has 0 amide bonds. The molecule has 1 aliphatic rings. The summed E-state index contributed by atoms with van der Waals surface area (Å²) in [5.74, 6) is 1.06. The van der Waals surface area contributed by atoms with Crippen molar-refractivity contribution >= 4 is 0 Å². The molecule has 1 aromatic rings. The van der Waals surface area contributed by atoms with Crippen molar-refractivity contribution < 1.29 is 4.74 Å². The van der Waals surface area contributed by atoms with Crippen LogP contribution in [0.3, 0.4) is 0 Å². The van der Waals surface area contributed by atoms with Gasteiger partial charge in [0.15, 0.2) is 0 Å². The molecule has 0 aromatic heterocycles. The van der Waals surface area contributed by atoms with Gasteiger partial charge in [-0.3, -0.25) is 0 Å². The predicted molar refractivity (Wildman–Crippen MR) is 57.7 cm³/mol. The summed E-state index contributed by atoms with van der Waals surface area (Å²) in [5, 5.41) is 3.31. The van der Waals surface area contributed by atoms with E-state index in [0.29, 0.717) is 6.10 Å². The lowest BCUT2D eigenvalue weighted by atomic mass is 10.1. The molecule has 1 aliphatic heterocycles. The van der Waals surface area contributed by atoms with E-state index in [0.717, 1.165) is 31.7 Å². The maximum atomic E-state index is 5.93. The number of rotatable bonds is 3. The van der Waals surface area contributed by atoms with E-state index >= 15 is 0 Å². The van der Waals surface area contributed by atoms with Crippen LogP contribution in [0.4, 0.5) is 0 Å². The van der Waals surface area contributed by atoms with Crippen LogP contribution in [0.2, 0.25) is 0 Å².